The Balaban J connectivity index is 1.46. The number of aliphatic hydroxyl groups is 7. The number of phenolic OH excluding ortho intramolecular Hbond substituents is 4. The molecule has 11 N–H and O–H groups in total. The summed E-state index contributed by atoms with van der Waals surface area (Å²) >= 11 is 0. The Labute approximate surface area is 295 Å². The quantitative estimate of drug-likeness (QED) is 0.0556. The van der Waals surface area contributed by atoms with Crippen molar-refractivity contribution in [2.75, 3.05) is 33.0 Å². The topological polar surface area (TPSA) is 304 Å². The van der Waals surface area contributed by atoms with Crippen molar-refractivity contribution in [3.63, 3.8) is 0 Å². The van der Waals surface area contributed by atoms with Crippen LogP contribution in [-0.2, 0) is 44.4 Å². The first-order valence-corrected chi connectivity index (χ1v) is 16.1. The van der Waals surface area contributed by atoms with Gasteiger partial charge in [0.15, 0.2) is 48.0 Å². The Hall–Kier alpha value is -3.67. The van der Waals surface area contributed by atoms with E-state index in [1.54, 1.807) is 0 Å². The second-order valence-electron chi connectivity index (χ2n) is 12.5. The molecule has 0 amide bonds. The van der Waals surface area contributed by atoms with E-state index in [9.17, 15) is 61.0 Å². The summed E-state index contributed by atoms with van der Waals surface area (Å²) in [6, 6.07) is 7.81. The summed E-state index contributed by atoms with van der Waals surface area (Å²) in [4.78, 5) is 13.2. The van der Waals surface area contributed by atoms with Gasteiger partial charge in [-0.25, -0.2) is 4.79 Å². The van der Waals surface area contributed by atoms with Crippen LogP contribution in [0.3, 0.4) is 0 Å². The zero-order chi connectivity index (χ0) is 37.7. The summed E-state index contributed by atoms with van der Waals surface area (Å²) in [6.07, 6.45) is -16.0. The largest absolute Gasteiger partial charge is 0.504 e. The van der Waals surface area contributed by atoms with Gasteiger partial charge in [0, 0.05) is 6.08 Å². The van der Waals surface area contributed by atoms with Crippen LogP contribution in [0.15, 0.2) is 42.5 Å². The van der Waals surface area contributed by atoms with Gasteiger partial charge in [-0.1, -0.05) is 12.1 Å². The van der Waals surface area contributed by atoms with E-state index < -0.39 is 117 Å². The van der Waals surface area contributed by atoms with Gasteiger partial charge in [0.2, 0.25) is 0 Å². The minimum atomic E-state index is -2.17. The third-order valence-corrected chi connectivity index (χ3v) is 8.76. The number of rotatable bonds is 13. The molecule has 3 heterocycles. The zero-order valence-corrected chi connectivity index (χ0v) is 27.4. The molecule has 2 aromatic rings. The van der Waals surface area contributed by atoms with Gasteiger partial charge in [-0.15, -0.1) is 0 Å². The minimum Gasteiger partial charge on any atom is -0.504 e. The fraction of sp³-hybridized carbons (Fsp3) is 0.545. The molecular weight excluding hydrogens is 700 g/mol. The number of hydrogen-bond donors (Lipinski definition) is 11. The number of hydrogen-bond acceptors (Lipinski definition) is 19. The first-order valence-electron chi connectivity index (χ1n) is 16.1. The molecule has 5 rings (SSSR count). The summed E-state index contributed by atoms with van der Waals surface area (Å²) in [7, 11) is 0. The van der Waals surface area contributed by atoms with E-state index in [0.29, 0.717) is 5.56 Å². The highest BCUT2D eigenvalue weighted by Crippen LogP contribution is 2.36. The number of phenols is 4. The second-order valence-corrected chi connectivity index (χ2v) is 12.5. The third-order valence-electron chi connectivity index (χ3n) is 8.76. The van der Waals surface area contributed by atoms with Crippen molar-refractivity contribution in [3.8, 4) is 23.0 Å². The monoisotopic (exact) mass is 742 g/mol. The molecule has 2 aromatic carbocycles. The number of aromatic hydroxyl groups is 4. The van der Waals surface area contributed by atoms with E-state index in [-0.39, 0.29) is 30.1 Å². The molecule has 0 spiro atoms. The van der Waals surface area contributed by atoms with E-state index in [2.05, 4.69) is 0 Å². The average molecular weight is 743 g/mol. The number of ether oxygens (including phenoxy) is 7. The first kappa shape index (κ1) is 39.5. The molecule has 0 radical (unpaired) electrons. The number of esters is 1. The third kappa shape index (κ3) is 8.92. The zero-order valence-electron chi connectivity index (χ0n) is 27.4. The van der Waals surface area contributed by atoms with Crippen molar-refractivity contribution >= 4 is 12.0 Å². The van der Waals surface area contributed by atoms with Crippen LogP contribution in [-0.4, -0.2) is 168 Å². The molecular formula is C33H42O19. The van der Waals surface area contributed by atoms with Crippen molar-refractivity contribution in [1.82, 2.24) is 0 Å². The Kier molecular flexibility index (Phi) is 12.9. The Morgan fingerprint density at radius 1 is 0.827 bits per heavy atom. The van der Waals surface area contributed by atoms with E-state index in [0.717, 1.165) is 6.08 Å². The maximum atomic E-state index is 13.2. The highest BCUT2D eigenvalue weighted by molar-refractivity contribution is 5.87. The van der Waals surface area contributed by atoms with Gasteiger partial charge in [-0.05, 0) is 47.9 Å². The molecule has 52 heavy (non-hydrogen) atoms. The van der Waals surface area contributed by atoms with E-state index in [1.165, 1.54) is 42.5 Å². The molecule has 3 aliphatic heterocycles. The van der Waals surface area contributed by atoms with Crippen LogP contribution in [0.2, 0.25) is 0 Å². The van der Waals surface area contributed by atoms with Crippen LogP contribution in [0.5, 0.6) is 23.0 Å². The van der Waals surface area contributed by atoms with Crippen molar-refractivity contribution in [1.29, 1.82) is 0 Å². The van der Waals surface area contributed by atoms with Gasteiger partial charge in [-0.2, -0.15) is 0 Å². The standard InChI is InChI=1S/C33H42O19/c34-11-22-26(50-23(41)6-3-15-1-4-17(36)19(38)9-15)27(51-32-29(44)33(45,13-35)14-48-32)28(52-30-25(43)24(42)21(40)12-47-30)31(49-22)46-8-7-16-2-5-18(37)20(39)10-16/h1-6,9-10,21-22,24-32,34-40,42-45H,7-8,11-14H2/b6-3+/t21-,22-,24+,25-,26-,27+,28-,29+,30+,31-,32+,33-/m1/s1. The Morgan fingerprint density at radius 2 is 1.52 bits per heavy atom. The summed E-state index contributed by atoms with van der Waals surface area (Å²) in [5.74, 6) is -2.64. The van der Waals surface area contributed by atoms with Crippen LogP contribution < -0.4 is 0 Å². The molecule has 19 heteroatoms. The summed E-state index contributed by atoms with van der Waals surface area (Å²) < 4.78 is 40.5. The Bertz CT molecular complexity index is 1540. The lowest BCUT2D eigenvalue weighted by Crippen LogP contribution is -2.65. The predicted octanol–water partition coefficient (Wildman–Crippen LogP) is -2.94. The maximum Gasteiger partial charge on any atom is 0.331 e. The molecule has 0 aliphatic carbocycles. The second kappa shape index (κ2) is 17.0. The number of benzene rings is 2. The van der Waals surface area contributed by atoms with E-state index in [1.807, 2.05) is 0 Å². The van der Waals surface area contributed by atoms with Crippen LogP contribution in [0, 0.1) is 0 Å². The lowest BCUT2D eigenvalue weighted by atomic mass is 9.96. The van der Waals surface area contributed by atoms with Crippen molar-refractivity contribution < 1.29 is 94.1 Å². The van der Waals surface area contributed by atoms with Gasteiger partial charge < -0.3 is 89.3 Å². The average Bonchev–Trinajstić information content (AvgIpc) is 3.41. The fourth-order valence-corrected chi connectivity index (χ4v) is 5.72. The SMILES string of the molecule is O=C(/C=C/c1ccc(O)c(O)c1)O[C@H]1[C@H](O[C@@H]2OC[C@](O)(CO)[C@H]2O)[C@@H](O[C@@H]2OC[C@@H](O)[C@H](O)[C@H]2O)[C@H](OCCc2ccc(O)c(O)c2)O[C@@H]1CO. The minimum absolute atomic E-state index is 0.118. The predicted molar refractivity (Wildman–Crippen MR) is 169 cm³/mol. The van der Waals surface area contributed by atoms with Crippen molar-refractivity contribution in [3.05, 3.63) is 53.6 Å². The smallest absolute Gasteiger partial charge is 0.331 e. The van der Waals surface area contributed by atoms with Crippen molar-refractivity contribution in [2.24, 2.45) is 0 Å². The highest BCUT2D eigenvalue weighted by Gasteiger charge is 2.56. The molecule has 3 fully saturated rings. The van der Waals surface area contributed by atoms with Crippen LogP contribution in [0.1, 0.15) is 11.1 Å². The van der Waals surface area contributed by atoms with Crippen LogP contribution in [0.4, 0.5) is 0 Å². The Morgan fingerprint density at radius 3 is 2.17 bits per heavy atom. The molecule has 0 saturated carbocycles. The highest BCUT2D eigenvalue weighted by atomic mass is 16.8. The molecule has 0 bridgehead atoms. The van der Waals surface area contributed by atoms with Gasteiger partial charge in [0.1, 0.15) is 48.3 Å². The molecule has 19 nitrogen and oxygen atoms in total. The molecule has 288 valence electrons. The van der Waals surface area contributed by atoms with Crippen LogP contribution in [0.25, 0.3) is 6.08 Å². The summed E-state index contributed by atoms with van der Waals surface area (Å²) in [6.45, 7) is -3.00. The summed E-state index contributed by atoms with van der Waals surface area (Å²) in [5, 5.41) is 112. The lowest BCUT2D eigenvalue weighted by molar-refractivity contribution is -0.372. The van der Waals surface area contributed by atoms with E-state index >= 15 is 0 Å². The van der Waals surface area contributed by atoms with E-state index in [4.69, 9.17) is 33.2 Å². The molecule has 12 atom stereocenters. The number of aliphatic hydroxyl groups excluding tert-OH is 6. The summed E-state index contributed by atoms with van der Waals surface area (Å²) in [5.41, 5.74) is -1.36. The van der Waals surface area contributed by atoms with Gasteiger partial charge in [0.05, 0.1) is 33.0 Å². The van der Waals surface area contributed by atoms with Gasteiger partial charge in [0.25, 0.3) is 0 Å². The van der Waals surface area contributed by atoms with Gasteiger partial charge >= 0.3 is 5.97 Å². The first-order chi connectivity index (χ1) is 24.7. The van der Waals surface area contributed by atoms with Gasteiger partial charge in [-0.3, -0.25) is 0 Å². The van der Waals surface area contributed by atoms with Crippen molar-refractivity contribution in [2.45, 2.75) is 79.7 Å². The normalized spacial score (nSPS) is 35.2. The maximum absolute atomic E-state index is 13.2. The molecule has 0 aromatic heterocycles. The fourth-order valence-electron chi connectivity index (χ4n) is 5.72. The lowest BCUT2D eigenvalue weighted by Gasteiger charge is -2.47. The number of carbonyl (C=O) groups is 1. The molecule has 0 unspecified atom stereocenters. The molecule has 3 aliphatic rings. The number of carbonyl (C=O) groups excluding carboxylic acids is 1. The molecule has 3 saturated heterocycles. The van der Waals surface area contributed by atoms with Crippen LogP contribution >= 0.6 is 0 Å².